The summed E-state index contributed by atoms with van der Waals surface area (Å²) >= 11 is 3.41. The van der Waals surface area contributed by atoms with Crippen LogP contribution >= 0.6 is 15.9 Å². The van der Waals surface area contributed by atoms with Gasteiger partial charge in [-0.25, -0.2) is 8.42 Å². The van der Waals surface area contributed by atoms with Crippen LogP contribution in [0.4, 0.5) is 5.69 Å². The van der Waals surface area contributed by atoms with Gasteiger partial charge in [0.05, 0.1) is 10.6 Å². The smallest absolute Gasteiger partial charge is 0.264 e. The summed E-state index contributed by atoms with van der Waals surface area (Å²) < 4.78 is 29.9. The van der Waals surface area contributed by atoms with Crippen molar-refractivity contribution in [1.82, 2.24) is 10.2 Å². The zero-order valence-corrected chi connectivity index (χ0v) is 27.4. The molecule has 0 saturated heterocycles. The number of carbonyl (C=O) groups is 2. The largest absolute Gasteiger partial charge is 0.354 e. The molecule has 0 radical (unpaired) electrons. The minimum Gasteiger partial charge on any atom is -0.354 e. The summed E-state index contributed by atoms with van der Waals surface area (Å²) in [4.78, 5) is 29.8. The van der Waals surface area contributed by atoms with Crippen LogP contribution in [-0.4, -0.2) is 44.3 Å². The third kappa shape index (κ3) is 8.80. The summed E-state index contributed by atoms with van der Waals surface area (Å²) in [5.74, 6) is -0.759. The third-order valence-electron chi connectivity index (χ3n) is 7.26. The summed E-state index contributed by atoms with van der Waals surface area (Å²) in [6.45, 7) is 4.15. The van der Waals surface area contributed by atoms with Crippen LogP contribution in [0.25, 0.3) is 0 Å². The van der Waals surface area contributed by atoms with E-state index >= 15 is 0 Å². The van der Waals surface area contributed by atoms with Gasteiger partial charge in [0.15, 0.2) is 0 Å². The number of anilines is 1. The van der Waals surface area contributed by atoms with E-state index in [1.165, 1.54) is 17.0 Å². The van der Waals surface area contributed by atoms with Crippen LogP contribution in [0.15, 0.2) is 119 Å². The Hall–Kier alpha value is -3.95. The number of amides is 2. The van der Waals surface area contributed by atoms with E-state index in [0.29, 0.717) is 12.2 Å². The van der Waals surface area contributed by atoms with Gasteiger partial charge in [-0.15, -0.1) is 0 Å². The molecule has 4 rings (SSSR count). The number of aryl methyl sites for hydroxylation is 1. The molecule has 44 heavy (non-hydrogen) atoms. The first-order valence-corrected chi connectivity index (χ1v) is 16.9. The van der Waals surface area contributed by atoms with Crippen molar-refractivity contribution in [3.8, 4) is 0 Å². The van der Waals surface area contributed by atoms with Crippen molar-refractivity contribution in [2.45, 2.75) is 50.6 Å². The Morgan fingerprint density at radius 1 is 0.841 bits per heavy atom. The second-order valence-electron chi connectivity index (χ2n) is 10.7. The molecule has 0 fully saturated rings. The first-order valence-electron chi connectivity index (χ1n) is 14.7. The third-order valence-corrected chi connectivity index (χ3v) is 9.58. The molecule has 0 heterocycles. The summed E-state index contributed by atoms with van der Waals surface area (Å²) in [6.07, 6.45) is 2.00. The standard InChI is InChI=1S/C35H38BrN3O4S/c1-3-4-22-37-35(41)33(24-28-13-7-5-8-14-28)38(25-29-15-11-12-27(2)23-29)34(40)26-39(31-20-18-30(36)19-21-31)44(42,43)32-16-9-6-10-17-32/h5-21,23,33H,3-4,22,24-26H2,1-2H3,(H,37,41)/t33-/m0/s1. The summed E-state index contributed by atoms with van der Waals surface area (Å²) in [6, 6.07) is 31.3. The van der Waals surface area contributed by atoms with Crippen molar-refractivity contribution in [2.75, 3.05) is 17.4 Å². The van der Waals surface area contributed by atoms with Crippen molar-refractivity contribution in [2.24, 2.45) is 0 Å². The average Bonchev–Trinajstić information content (AvgIpc) is 3.03. The molecule has 2 amide bonds. The highest BCUT2D eigenvalue weighted by Crippen LogP contribution is 2.26. The molecule has 0 bridgehead atoms. The van der Waals surface area contributed by atoms with Gasteiger partial charge < -0.3 is 10.2 Å². The second-order valence-corrected chi connectivity index (χ2v) is 13.4. The van der Waals surface area contributed by atoms with Gasteiger partial charge in [0.1, 0.15) is 12.6 Å². The normalized spacial score (nSPS) is 11.9. The number of nitrogens with one attached hydrogen (secondary N) is 1. The van der Waals surface area contributed by atoms with Crippen molar-refractivity contribution in [3.63, 3.8) is 0 Å². The van der Waals surface area contributed by atoms with E-state index < -0.39 is 28.5 Å². The minimum absolute atomic E-state index is 0.0686. The monoisotopic (exact) mass is 675 g/mol. The highest BCUT2D eigenvalue weighted by Gasteiger charge is 2.34. The second kappa shape index (κ2) is 15.7. The number of halogens is 1. The molecule has 1 N–H and O–H groups in total. The predicted octanol–water partition coefficient (Wildman–Crippen LogP) is 6.51. The number of carbonyl (C=O) groups excluding carboxylic acids is 2. The summed E-state index contributed by atoms with van der Waals surface area (Å²) in [7, 11) is -4.13. The molecule has 0 spiro atoms. The van der Waals surface area contributed by atoms with Gasteiger partial charge >= 0.3 is 0 Å². The Bertz CT molecular complexity index is 1630. The lowest BCUT2D eigenvalue weighted by Gasteiger charge is -2.34. The van der Waals surface area contributed by atoms with Crippen molar-refractivity contribution in [3.05, 3.63) is 130 Å². The predicted molar refractivity (Wildman–Crippen MR) is 179 cm³/mol. The molecule has 4 aromatic carbocycles. The quantitative estimate of drug-likeness (QED) is 0.154. The van der Waals surface area contributed by atoms with Crippen molar-refractivity contribution >= 4 is 43.5 Å². The highest BCUT2D eigenvalue weighted by molar-refractivity contribution is 9.10. The van der Waals surface area contributed by atoms with Crippen molar-refractivity contribution in [1.29, 1.82) is 0 Å². The zero-order valence-electron chi connectivity index (χ0n) is 25.0. The molecule has 0 saturated carbocycles. The summed E-state index contributed by atoms with van der Waals surface area (Å²) in [5, 5.41) is 3.01. The molecular formula is C35H38BrN3O4S. The molecule has 9 heteroatoms. The Morgan fingerprint density at radius 2 is 1.48 bits per heavy atom. The first kappa shape index (κ1) is 33.0. The number of nitrogens with zero attached hydrogens (tertiary/aromatic N) is 2. The molecule has 0 aliphatic rings. The topological polar surface area (TPSA) is 86.8 Å². The van der Waals surface area contributed by atoms with Gasteiger partial charge in [-0.1, -0.05) is 108 Å². The van der Waals surface area contributed by atoms with Crippen LogP contribution in [0.3, 0.4) is 0 Å². The molecule has 0 unspecified atom stereocenters. The van der Waals surface area contributed by atoms with E-state index in [0.717, 1.165) is 38.3 Å². The molecular weight excluding hydrogens is 638 g/mol. The van der Waals surface area contributed by atoms with Crippen LogP contribution in [-0.2, 0) is 32.6 Å². The number of unbranched alkanes of at least 4 members (excludes halogenated alkanes) is 1. The average molecular weight is 677 g/mol. The van der Waals surface area contributed by atoms with Gasteiger partial charge in [0, 0.05) is 24.0 Å². The number of hydrogen-bond acceptors (Lipinski definition) is 4. The van der Waals surface area contributed by atoms with Gasteiger partial charge in [0.2, 0.25) is 11.8 Å². The van der Waals surface area contributed by atoms with Gasteiger partial charge in [-0.05, 0) is 60.9 Å². The number of benzene rings is 4. The van der Waals surface area contributed by atoms with Gasteiger partial charge in [0.25, 0.3) is 10.0 Å². The lowest BCUT2D eigenvalue weighted by molar-refractivity contribution is -0.140. The lowest BCUT2D eigenvalue weighted by atomic mass is 10.0. The molecule has 7 nitrogen and oxygen atoms in total. The molecule has 0 aliphatic carbocycles. The number of hydrogen-bond donors (Lipinski definition) is 1. The molecule has 0 aliphatic heterocycles. The fraction of sp³-hybridized carbons (Fsp3) is 0.257. The molecule has 1 atom stereocenters. The van der Waals surface area contributed by atoms with E-state index in [1.807, 2.05) is 68.4 Å². The molecule has 230 valence electrons. The number of rotatable bonds is 14. The van der Waals surface area contributed by atoms with E-state index in [2.05, 4.69) is 21.2 Å². The maximum Gasteiger partial charge on any atom is 0.264 e. The highest BCUT2D eigenvalue weighted by atomic mass is 79.9. The van der Waals surface area contributed by atoms with Gasteiger partial charge in [-0.2, -0.15) is 0 Å². The van der Waals surface area contributed by atoms with E-state index in [4.69, 9.17) is 0 Å². The van der Waals surface area contributed by atoms with Crippen LogP contribution < -0.4 is 9.62 Å². The Balaban J connectivity index is 1.78. The minimum atomic E-state index is -4.13. The van der Waals surface area contributed by atoms with Gasteiger partial charge in [-0.3, -0.25) is 13.9 Å². The van der Waals surface area contributed by atoms with Crippen molar-refractivity contribution < 1.29 is 18.0 Å². The maximum absolute atomic E-state index is 14.5. The maximum atomic E-state index is 14.5. The Labute approximate surface area is 269 Å². The van der Waals surface area contributed by atoms with Crippen LogP contribution in [0.5, 0.6) is 0 Å². The van der Waals surface area contributed by atoms with E-state index in [9.17, 15) is 18.0 Å². The molecule has 0 aromatic heterocycles. The summed E-state index contributed by atoms with van der Waals surface area (Å²) in [5.41, 5.74) is 3.10. The fourth-order valence-electron chi connectivity index (χ4n) is 4.92. The fourth-order valence-corrected chi connectivity index (χ4v) is 6.62. The molecule has 4 aromatic rings. The SMILES string of the molecule is CCCCNC(=O)[C@H](Cc1ccccc1)N(Cc1cccc(C)c1)C(=O)CN(c1ccc(Br)cc1)S(=O)(=O)c1ccccc1. The Morgan fingerprint density at radius 3 is 2.11 bits per heavy atom. The van der Waals surface area contributed by atoms with E-state index in [-0.39, 0.29) is 23.8 Å². The first-order chi connectivity index (χ1) is 21.2. The van der Waals surface area contributed by atoms with Crippen LogP contribution in [0.1, 0.15) is 36.5 Å². The zero-order chi connectivity index (χ0) is 31.5. The lowest BCUT2D eigenvalue weighted by Crippen LogP contribution is -2.53. The Kier molecular flexibility index (Phi) is 11.7. The van der Waals surface area contributed by atoms with E-state index in [1.54, 1.807) is 42.5 Å². The number of sulfonamides is 1. The van der Waals surface area contributed by atoms with Crippen LogP contribution in [0, 0.1) is 6.92 Å². The van der Waals surface area contributed by atoms with Crippen LogP contribution in [0.2, 0.25) is 0 Å².